The van der Waals surface area contributed by atoms with E-state index in [2.05, 4.69) is 34.9 Å². The molecule has 1 saturated carbocycles. The van der Waals surface area contributed by atoms with Gasteiger partial charge in [0.15, 0.2) is 0 Å². The number of ether oxygens (including phenoxy) is 1. The Bertz CT molecular complexity index is 658. The number of amides is 1. The Labute approximate surface area is 157 Å². The number of benzene rings is 1. The Balaban J connectivity index is 1.40. The highest BCUT2D eigenvalue weighted by Gasteiger charge is 2.39. The van der Waals surface area contributed by atoms with Gasteiger partial charge in [0.1, 0.15) is 5.75 Å². The van der Waals surface area contributed by atoms with Crippen molar-refractivity contribution >= 4 is 5.91 Å². The van der Waals surface area contributed by atoms with Crippen LogP contribution in [0.15, 0.2) is 18.2 Å². The quantitative estimate of drug-likeness (QED) is 0.826. The molecule has 1 heterocycles. The summed E-state index contributed by atoms with van der Waals surface area (Å²) in [7, 11) is 1.74. The van der Waals surface area contributed by atoms with E-state index in [0.29, 0.717) is 11.9 Å². The Morgan fingerprint density at radius 1 is 1.12 bits per heavy atom. The molecule has 1 unspecified atom stereocenters. The third-order valence-electron chi connectivity index (χ3n) is 6.91. The first kappa shape index (κ1) is 17.8. The number of fused-ring (bicyclic) bond motifs is 1. The molecule has 4 rings (SSSR count). The van der Waals surface area contributed by atoms with E-state index >= 15 is 0 Å². The van der Waals surface area contributed by atoms with Crippen LogP contribution >= 0.6 is 0 Å². The number of rotatable bonds is 3. The van der Waals surface area contributed by atoms with Gasteiger partial charge in [-0.15, -0.1) is 0 Å². The van der Waals surface area contributed by atoms with Gasteiger partial charge in [0, 0.05) is 37.6 Å². The Kier molecular flexibility index (Phi) is 4.96. The molecule has 2 aliphatic carbocycles. The molecule has 1 aromatic rings. The molecule has 4 nitrogen and oxygen atoms in total. The SMILES string of the molecule is COc1ccc2c(c1)C(N1CCN(C(=O)C3(C)CCCCC3)CC1)CC2. The van der Waals surface area contributed by atoms with Crippen LogP contribution < -0.4 is 4.74 Å². The zero-order valence-corrected chi connectivity index (χ0v) is 16.3. The van der Waals surface area contributed by atoms with Crippen molar-refractivity contribution in [2.45, 2.75) is 57.9 Å². The van der Waals surface area contributed by atoms with Crippen LogP contribution in [0.2, 0.25) is 0 Å². The third-order valence-corrected chi connectivity index (χ3v) is 6.91. The molecule has 1 aromatic carbocycles. The van der Waals surface area contributed by atoms with Crippen molar-refractivity contribution in [3.05, 3.63) is 29.3 Å². The molecule has 1 saturated heterocycles. The summed E-state index contributed by atoms with van der Waals surface area (Å²) in [6.07, 6.45) is 8.20. The average Bonchev–Trinajstić information content (AvgIpc) is 3.11. The second kappa shape index (κ2) is 7.22. The molecule has 0 aromatic heterocycles. The van der Waals surface area contributed by atoms with Crippen LogP contribution in [-0.2, 0) is 11.2 Å². The predicted molar refractivity (Wildman–Crippen MR) is 103 cm³/mol. The van der Waals surface area contributed by atoms with E-state index in [9.17, 15) is 4.79 Å². The topological polar surface area (TPSA) is 32.8 Å². The molecule has 0 bridgehead atoms. The van der Waals surface area contributed by atoms with Crippen LogP contribution in [-0.4, -0.2) is 49.0 Å². The van der Waals surface area contributed by atoms with Crippen molar-refractivity contribution in [2.24, 2.45) is 5.41 Å². The second-order valence-corrected chi connectivity index (χ2v) is 8.57. The second-order valence-electron chi connectivity index (χ2n) is 8.57. The molecule has 4 heteroatoms. The molecular weight excluding hydrogens is 324 g/mol. The maximum atomic E-state index is 13.1. The van der Waals surface area contributed by atoms with Crippen molar-refractivity contribution in [3.63, 3.8) is 0 Å². The van der Waals surface area contributed by atoms with Gasteiger partial charge >= 0.3 is 0 Å². The fraction of sp³-hybridized carbons (Fsp3) is 0.682. The number of piperazine rings is 1. The van der Waals surface area contributed by atoms with E-state index in [4.69, 9.17) is 4.74 Å². The van der Waals surface area contributed by atoms with Crippen LogP contribution in [0.4, 0.5) is 0 Å². The Hall–Kier alpha value is -1.55. The molecule has 0 spiro atoms. The summed E-state index contributed by atoms with van der Waals surface area (Å²) in [6, 6.07) is 7.00. The van der Waals surface area contributed by atoms with E-state index in [0.717, 1.165) is 51.2 Å². The van der Waals surface area contributed by atoms with Crippen molar-refractivity contribution < 1.29 is 9.53 Å². The molecule has 2 fully saturated rings. The molecule has 1 atom stereocenters. The summed E-state index contributed by atoms with van der Waals surface area (Å²) in [5.74, 6) is 1.36. The number of hydrogen-bond acceptors (Lipinski definition) is 3. The third kappa shape index (κ3) is 3.24. The first-order valence-corrected chi connectivity index (χ1v) is 10.3. The zero-order chi connectivity index (χ0) is 18.1. The normalized spacial score (nSPS) is 25.8. The van der Waals surface area contributed by atoms with Gasteiger partial charge in [-0.3, -0.25) is 9.69 Å². The minimum atomic E-state index is -0.103. The van der Waals surface area contributed by atoms with E-state index in [1.807, 2.05) is 0 Å². The van der Waals surface area contributed by atoms with E-state index in [-0.39, 0.29) is 5.41 Å². The molecular formula is C22H32N2O2. The highest BCUT2D eigenvalue weighted by molar-refractivity contribution is 5.82. The average molecular weight is 357 g/mol. The Morgan fingerprint density at radius 3 is 2.54 bits per heavy atom. The van der Waals surface area contributed by atoms with Crippen LogP contribution in [0.3, 0.4) is 0 Å². The van der Waals surface area contributed by atoms with Gasteiger partial charge in [-0.05, 0) is 48.9 Å². The van der Waals surface area contributed by atoms with Crippen LogP contribution in [0.5, 0.6) is 5.75 Å². The molecule has 1 amide bonds. The first-order valence-electron chi connectivity index (χ1n) is 10.3. The van der Waals surface area contributed by atoms with E-state index in [1.54, 1.807) is 7.11 Å². The highest BCUT2D eigenvalue weighted by Crippen LogP contribution is 2.40. The van der Waals surface area contributed by atoms with Crippen molar-refractivity contribution in [3.8, 4) is 5.75 Å². The van der Waals surface area contributed by atoms with Crippen molar-refractivity contribution in [1.82, 2.24) is 9.80 Å². The van der Waals surface area contributed by atoms with Gasteiger partial charge in [-0.25, -0.2) is 0 Å². The fourth-order valence-corrected chi connectivity index (χ4v) is 5.23. The summed E-state index contributed by atoms with van der Waals surface area (Å²) in [4.78, 5) is 17.8. The smallest absolute Gasteiger partial charge is 0.228 e. The number of aryl methyl sites for hydroxylation is 1. The molecule has 142 valence electrons. The fourth-order valence-electron chi connectivity index (χ4n) is 5.23. The standard InChI is InChI=1S/C22H32N2O2/c1-22(10-4-3-5-11-22)21(25)24-14-12-23(13-15-24)20-9-7-17-6-8-18(26-2)16-19(17)20/h6,8,16,20H,3-5,7,9-15H2,1-2H3. The molecule has 3 aliphatic rings. The summed E-state index contributed by atoms with van der Waals surface area (Å²) in [6.45, 7) is 5.93. The summed E-state index contributed by atoms with van der Waals surface area (Å²) >= 11 is 0. The van der Waals surface area contributed by atoms with Gasteiger partial charge in [0.2, 0.25) is 5.91 Å². The highest BCUT2D eigenvalue weighted by atomic mass is 16.5. The summed E-state index contributed by atoms with van der Waals surface area (Å²) < 4.78 is 5.43. The van der Waals surface area contributed by atoms with Crippen LogP contribution in [0, 0.1) is 5.41 Å². The minimum absolute atomic E-state index is 0.103. The molecule has 26 heavy (non-hydrogen) atoms. The van der Waals surface area contributed by atoms with Gasteiger partial charge in [0.25, 0.3) is 0 Å². The van der Waals surface area contributed by atoms with Crippen molar-refractivity contribution in [2.75, 3.05) is 33.3 Å². The van der Waals surface area contributed by atoms with Gasteiger partial charge < -0.3 is 9.64 Å². The van der Waals surface area contributed by atoms with Crippen molar-refractivity contribution in [1.29, 1.82) is 0 Å². The van der Waals surface area contributed by atoms with E-state index in [1.165, 1.54) is 36.8 Å². The number of nitrogens with zero attached hydrogens (tertiary/aromatic N) is 2. The largest absolute Gasteiger partial charge is 0.497 e. The lowest BCUT2D eigenvalue weighted by Crippen LogP contribution is -2.53. The maximum absolute atomic E-state index is 13.1. The first-order chi connectivity index (χ1) is 12.6. The van der Waals surface area contributed by atoms with Gasteiger partial charge in [-0.2, -0.15) is 0 Å². The zero-order valence-electron chi connectivity index (χ0n) is 16.3. The lowest BCUT2D eigenvalue weighted by atomic mass is 9.74. The number of carbonyl (C=O) groups is 1. The molecule has 0 radical (unpaired) electrons. The minimum Gasteiger partial charge on any atom is -0.497 e. The summed E-state index contributed by atoms with van der Waals surface area (Å²) in [5.41, 5.74) is 2.79. The molecule has 1 aliphatic heterocycles. The lowest BCUT2D eigenvalue weighted by Gasteiger charge is -2.43. The van der Waals surface area contributed by atoms with E-state index < -0.39 is 0 Å². The van der Waals surface area contributed by atoms with Crippen LogP contribution in [0.1, 0.15) is 62.6 Å². The predicted octanol–water partition coefficient (Wildman–Crippen LogP) is 3.80. The monoisotopic (exact) mass is 356 g/mol. The maximum Gasteiger partial charge on any atom is 0.228 e. The van der Waals surface area contributed by atoms with Gasteiger partial charge in [-0.1, -0.05) is 32.3 Å². The molecule has 0 N–H and O–H groups in total. The number of methoxy groups -OCH3 is 1. The van der Waals surface area contributed by atoms with Crippen LogP contribution in [0.25, 0.3) is 0 Å². The number of hydrogen-bond donors (Lipinski definition) is 0. The summed E-state index contributed by atoms with van der Waals surface area (Å²) in [5, 5.41) is 0. The lowest BCUT2D eigenvalue weighted by molar-refractivity contribution is -0.145. The Morgan fingerprint density at radius 2 is 1.85 bits per heavy atom. The van der Waals surface area contributed by atoms with Gasteiger partial charge in [0.05, 0.1) is 7.11 Å². The number of carbonyl (C=O) groups excluding carboxylic acids is 1.